The molecule has 6 heteroatoms. The highest BCUT2D eigenvalue weighted by Crippen LogP contribution is 2.16. The number of amides is 1. The molecule has 1 saturated heterocycles. The van der Waals surface area contributed by atoms with Crippen molar-refractivity contribution in [1.82, 2.24) is 14.5 Å². The van der Waals surface area contributed by atoms with Crippen LogP contribution in [0.1, 0.15) is 55.8 Å². The highest BCUT2D eigenvalue weighted by atomic mass is 32.1. The van der Waals surface area contributed by atoms with Gasteiger partial charge in [0.25, 0.3) is 11.5 Å². The van der Waals surface area contributed by atoms with E-state index in [2.05, 4.69) is 11.9 Å². The number of rotatable bonds is 5. The summed E-state index contributed by atoms with van der Waals surface area (Å²) < 4.78 is 2.05. The second-order valence-corrected chi connectivity index (χ2v) is 7.09. The van der Waals surface area contributed by atoms with Crippen molar-refractivity contribution in [2.24, 2.45) is 0 Å². The molecule has 0 saturated carbocycles. The van der Waals surface area contributed by atoms with Crippen LogP contribution in [0.15, 0.2) is 23.0 Å². The van der Waals surface area contributed by atoms with Crippen molar-refractivity contribution in [3.05, 3.63) is 38.9 Å². The Morgan fingerprint density at radius 1 is 1.20 bits per heavy atom. The van der Waals surface area contributed by atoms with Crippen molar-refractivity contribution in [2.45, 2.75) is 52.0 Å². The number of nitrogens with one attached hydrogen (secondary N) is 1. The number of carbonyl (C=O) groups is 1. The molecule has 0 spiro atoms. The number of unbranched alkanes of at least 4 members (excludes halogenated alkanes) is 2. The van der Waals surface area contributed by atoms with Gasteiger partial charge in [-0.15, -0.1) is 0 Å². The first-order chi connectivity index (χ1) is 12.1. The van der Waals surface area contributed by atoms with Gasteiger partial charge in [-0.25, -0.2) is 0 Å². The molecule has 0 atom stereocenters. The lowest BCUT2D eigenvalue weighted by Gasteiger charge is -2.26. The SMILES string of the molecule is CCCCCn1c(=S)[nH]c2cc(C(=O)N3CCCCC3)ccc2c1=O. The number of H-pyrrole nitrogens is 1. The van der Waals surface area contributed by atoms with E-state index in [-0.39, 0.29) is 11.5 Å². The molecule has 1 fully saturated rings. The Kier molecular flexibility index (Phi) is 5.68. The van der Waals surface area contributed by atoms with Crippen LogP contribution < -0.4 is 5.56 Å². The van der Waals surface area contributed by atoms with Crippen LogP contribution in [-0.4, -0.2) is 33.4 Å². The van der Waals surface area contributed by atoms with Gasteiger partial charge in [0.15, 0.2) is 4.77 Å². The summed E-state index contributed by atoms with van der Waals surface area (Å²) >= 11 is 5.36. The number of carbonyl (C=O) groups excluding carboxylic acids is 1. The Morgan fingerprint density at radius 2 is 1.96 bits per heavy atom. The van der Waals surface area contributed by atoms with E-state index >= 15 is 0 Å². The first kappa shape index (κ1) is 17.9. The standard InChI is InChI=1S/C19H25N3O2S/c1-2-3-5-12-22-18(24)15-9-8-14(13-16(15)20-19(22)25)17(23)21-10-6-4-7-11-21/h8-9,13H,2-7,10-12H2,1H3,(H,20,25). The molecule has 134 valence electrons. The second kappa shape index (κ2) is 7.95. The number of hydrogen-bond acceptors (Lipinski definition) is 3. The van der Waals surface area contributed by atoms with Crippen LogP contribution in [0.25, 0.3) is 10.9 Å². The summed E-state index contributed by atoms with van der Waals surface area (Å²) in [5.41, 5.74) is 1.18. The van der Waals surface area contributed by atoms with Crippen molar-refractivity contribution >= 4 is 29.0 Å². The lowest BCUT2D eigenvalue weighted by atomic mass is 10.1. The van der Waals surface area contributed by atoms with Crippen LogP contribution >= 0.6 is 12.2 Å². The molecule has 2 heterocycles. The van der Waals surface area contributed by atoms with Gasteiger partial charge in [0.1, 0.15) is 0 Å². The number of piperidine rings is 1. The minimum atomic E-state index is -0.0770. The molecule has 2 aromatic rings. The molecule has 0 radical (unpaired) electrons. The van der Waals surface area contributed by atoms with E-state index < -0.39 is 0 Å². The zero-order valence-corrected chi connectivity index (χ0v) is 15.5. The summed E-state index contributed by atoms with van der Waals surface area (Å²) in [5.74, 6) is 0.0352. The van der Waals surface area contributed by atoms with Crippen molar-refractivity contribution in [3.8, 4) is 0 Å². The van der Waals surface area contributed by atoms with Gasteiger partial charge < -0.3 is 9.88 Å². The molecule has 0 aliphatic carbocycles. The zero-order valence-electron chi connectivity index (χ0n) is 14.7. The Labute approximate surface area is 152 Å². The largest absolute Gasteiger partial charge is 0.339 e. The normalized spacial score (nSPS) is 14.8. The first-order valence-electron chi connectivity index (χ1n) is 9.18. The zero-order chi connectivity index (χ0) is 17.8. The number of likely N-dealkylation sites (tertiary alicyclic amines) is 1. The van der Waals surface area contributed by atoms with Crippen LogP contribution in [0.3, 0.4) is 0 Å². The monoisotopic (exact) mass is 359 g/mol. The van der Waals surface area contributed by atoms with Gasteiger partial charge in [-0.1, -0.05) is 19.8 Å². The molecule has 0 bridgehead atoms. The van der Waals surface area contributed by atoms with Crippen molar-refractivity contribution < 1.29 is 4.79 Å². The van der Waals surface area contributed by atoms with E-state index in [0.29, 0.717) is 27.8 Å². The highest BCUT2D eigenvalue weighted by molar-refractivity contribution is 7.71. The second-order valence-electron chi connectivity index (χ2n) is 6.71. The summed E-state index contributed by atoms with van der Waals surface area (Å²) in [6, 6.07) is 5.27. The van der Waals surface area contributed by atoms with E-state index in [4.69, 9.17) is 12.2 Å². The average Bonchev–Trinajstić information content (AvgIpc) is 2.64. The third-order valence-electron chi connectivity index (χ3n) is 4.86. The molecule has 1 N–H and O–H groups in total. The van der Waals surface area contributed by atoms with Crippen molar-refractivity contribution in [2.75, 3.05) is 13.1 Å². The Morgan fingerprint density at radius 3 is 2.68 bits per heavy atom. The van der Waals surface area contributed by atoms with Gasteiger partial charge in [0.2, 0.25) is 0 Å². The Balaban J connectivity index is 1.93. The molecule has 1 aromatic carbocycles. The van der Waals surface area contributed by atoms with Gasteiger partial charge in [-0.3, -0.25) is 14.2 Å². The van der Waals surface area contributed by atoms with E-state index in [1.165, 1.54) is 6.42 Å². The smallest absolute Gasteiger partial charge is 0.262 e. The van der Waals surface area contributed by atoms with Gasteiger partial charge in [0, 0.05) is 25.2 Å². The summed E-state index contributed by atoms with van der Waals surface area (Å²) in [6.45, 7) is 4.38. The Hall–Kier alpha value is -1.95. The lowest BCUT2D eigenvalue weighted by molar-refractivity contribution is 0.0724. The predicted molar refractivity (Wildman–Crippen MR) is 103 cm³/mol. The summed E-state index contributed by atoms with van der Waals surface area (Å²) in [7, 11) is 0. The number of aromatic amines is 1. The molecular formula is C19H25N3O2S. The van der Waals surface area contributed by atoms with Gasteiger partial charge in [0.05, 0.1) is 10.9 Å². The average molecular weight is 359 g/mol. The van der Waals surface area contributed by atoms with E-state index in [1.54, 1.807) is 22.8 Å². The van der Waals surface area contributed by atoms with Crippen LogP contribution in [0.2, 0.25) is 0 Å². The molecule has 3 rings (SSSR count). The molecule has 1 aliphatic heterocycles. The first-order valence-corrected chi connectivity index (χ1v) is 9.59. The molecule has 1 amide bonds. The number of nitrogens with zero attached hydrogens (tertiary/aromatic N) is 2. The number of aromatic nitrogens is 2. The third kappa shape index (κ3) is 3.84. The van der Waals surface area contributed by atoms with Gasteiger partial charge >= 0.3 is 0 Å². The van der Waals surface area contributed by atoms with Crippen LogP contribution in [0.4, 0.5) is 0 Å². The number of fused-ring (bicyclic) bond motifs is 1. The minimum absolute atomic E-state index is 0.0352. The van der Waals surface area contributed by atoms with Crippen LogP contribution in [0.5, 0.6) is 0 Å². The van der Waals surface area contributed by atoms with Gasteiger partial charge in [-0.05, 0) is 56.1 Å². The topological polar surface area (TPSA) is 58.1 Å². The molecule has 0 unspecified atom stereocenters. The van der Waals surface area contributed by atoms with E-state index in [1.807, 2.05) is 4.90 Å². The summed E-state index contributed by atoms with van der Waals surface area (Å²) in [4.78, 5) is 30.4. The minimum Gasteiger partial charge on any atom is -0.339 e. The summed E-state index contributed by atoms with van der Waals surface area (Å²) in [5, 5.41) is 0.584. The van der Waals surface area contributed by atoms with Crippen LogP contribution in [0, 0.1) is 4.77 Å². The molecule has 25 heavy (non-hydrogen) atoms. The van der Waals surface area contributed by atoms with Crippen molar-refractivity contribution in [3.63, 3.8) is 0 Å². The third-order valence-corrected chi connectivity index (χ3v) is 5.18. The molecule has 5 nitrogen and oxygen atoms in total. The fraction of sp³-hybridized carbons (Fsp3) is 0.526. The van der Waals surface area contributed by atoms with Crippen LogP contribution in [-0.2, 0) is 6.54 Å². The maximum atomic E-state index is 12.7. The molecule has 1 aliphatic rings. The van der Waals surface area contributed by atoms with E-state index in [0.717, 1.165) is 45.2 Å². The summed E-state index contributed by atoms with van der Waals surface area (Å²) in [6.07, 6.45) is 6.41. The number of hydrogen-bond donors (Lipinski definition) is 1. The fourth-order valence-corrected chi connectivity index (χ4v) is 3.67. The highest BCUT2D eigenvalue weighted by Gasteiger charge is 2.19. The van der Waals surface area contributed by atoms with Crippen molar-refractivity contribution in [1.29, 1.82) is 0 Å². The lowest BCUT2D eigenvalue weighted by Crippen LogP contribution is -2.35. The predicted octanol–water partition coefficient (Wildman–Crippen LogP) is 3.88. The van der Waals surface area contributed by atoms with Gasteiger partial charge in [-0.2, -0.15) is 0 Å². The maximum Gasteiger partial charge on any atom is 0.262 e. The number of benzene rings is 1. The molecule has 1 aromatic heterocycles. The fourth-order valence-electron chi connectivity index (χ4n) is 3.39. The molecular weight excluding hydrogens is 334 g/mol. The Bertz CT molecular complexity index is 878. The van der Waals surface area contributed by atoms with E-state index in [9.17, 15) is 9.59 Å². The quantitative estimate of drug-likeness (QED) is 0.651. The maximum absolute atomic E-state index is 12.7.